The highest BCUT2D eigenvalue weighted by Gasteiger charge is 2.17. The molecule has 0 bridgehead atoms. The van der Waals surface area contributed by atoms with Gasteiger partial charge in [0.1, 0.15) is 5.69 Å². The van der Waals surface area contributed by atoms with Crippen LogP contribution >= 0.6 is 0 Å². The number of aromatic amines is 2. The van der Waals surface area contributed by atoms with E-state index in [0.29, 0.717) is 22.7 Å². The van der Waals surface area contributed by atoms with Gasteiger partial charge in [-0.2, -0.15) is 5.10 Å². The number of para-hydroxylation sites is 2. The summed E-state index contributed by atoms with van der Waals surface area (Å²) in [6, 6.07) is 9.78. The zero-order valence-electron chi connectivity index (χ0n) is 14.7. The zero-order valence-corrected chi connectivity index (χ0v) is 14.7. The molecule has 132 valence electrons. The summed E-state index contributed by atoms with van der Waals surface area (Å²) in [6.07, 6.45) is 3.36. The maximum Gasteiger partial charge on any atom is 0.253 e. The van der Waals surface area contributed by atoms with Gasteiger partial charge in [0.2, 0.25) is 0 Å². The largest absolute Gasteiger partial charge is 0.349 e. The van der Waals surface area contributed by atoms with Gasteiger partial charge < -0.3 is 10.3 Å². The Kier molecular flexibility index (Phi) is 4.12. The van der Waals surface area contributed by atoms with Crippen LogP contribution in [-0.4, -0.2) is 37.1 Å². The summed E-state index contributed by atoms with van der Waals surface area (Å²) < 4.78 is 0. The summed E-state index contributed by atoms with van der Waals surface area (Å²) in [5.41, 5.74) is 3.60. The number of nitrogens with one attached hydrogen (secondary N) is 3. The molecule has 7 nitrogen and oxygen atoms in total. The van der Waals surface area contributed by atoms with E-state index in [1.54, 1.807) is 6.20 Å². The number of rotatable bonds is 5. The van der Waals surface area contributed by atoms with E-state index in [4.69, 9.17) is 0 Å². The monoisotopic (exact) mass is 348 g/mol. The summed E-state index contributed by atoms with van der Waals surface area (Å²) in [7, 11) is 0. The Morgan fingerprint density at radius 3 is 2.81 bits per heavy atom. The fourth-order valence-corrected chi connectivity index (χ4v) is 3.03. The highest BCUT2D eigenvalue weighted by atomic mass is 16.1. The fourth-order valence-electron chi connectivity index (χ4n) is 3.03. The molecule has 0 fully saturated rings. The lowest BCUT2D eigenvalue weighted by atomic mass is 10.1. The molecule has 3 aromatic heterocycles. The summed E-state index contributed by atoms with van der Waals surface area (Å²) in [4.78, 5) is 24.7. The first kappa shape index (κ1) is 16.3. The van der Waals surface area contributed by atoms with E-state index in [9.17, 15) is 4.79 Å². The van der Waals surface area contributed by atoms with Crippen LogP contribution in [0.3, 0.4) is 0 Å². The number of hydrogen-bond acceptors (Lipinski definition) is 4. The van der Waals surface area contributed by atoms with Crippen LogP contribution in [0.1, 0.15) is 37.0 Å². The highest BCUT2D eigenvalue weighted by molar-refractivity contribution is 6.00. The van der Waals surface area contributed by atoms with Crippen LogP contribution in [0, 0.1) is 0 Å². The minimum Gasteiger partial charge on any atom is -0.349 e. The van der Waals surface area contributed by atoms with Gasteiger partial charge in [-0.25, -0.2) is 9.97 Å². The predicted octanol–water partition coefficient (Wildman–Crippen LogP) is 3.42. The van der Waals surface area contributed by atoms with Crippen molar-refractivity contribution in [3.05, 3.63) is 42.1 Å². The van der Waals surface area contributed by atoms with Gasteiger partial charge in [-0.1, -0.05) is 26.0 Å². The highest BCUT2D eigenvalue weighted by Crippen LogP contribution is 2.25. The van der Waals surface area contributed by atoms with E-state index in [2.05, 4.69) is 44.3 Å². The third-order valence-corrected chi connectivity index (χ3v) is 4.61. The van der Waals surface area contributed by atoms with Crippen LogP contribution in [0.15, 0.2) is 36.5 Å². The molecular formula is C19H20N6O. The number of hydrogen-bond donors (Lipinski definition) is 3. The Hall–Kier alpha value is -3.22. The van der Waals surface area contributed by atoms with Gasteiger partial charge in [-0.05, 0) is 31.0 Å². The van der Waals surface area contributed by atoms with E-state index >= 15 is 0 Å². The van der Waals surface area contributed by atoms with Gasteiger partial charge in [0.25, 0.3) is 5.91 Å². The molecule has 0 spiro atoms. The van der Waals surface area contributed by atoms with Gasteiger partial charge in [-0.15, -0.1) is 0 Å². The SMILES string of the molecule is CCC(CC)NC(=O)c1cnc2[nH]nc(-c3nc4ccccc4[nH]3)c2c1. The molecule has 4 aromatic rings. The minimum absolute atomic E-state index is 0.121. The van der Waals surface area contributed by atoms with Crippen molar-refractivity contribution in [3.8, 4) is 11.5 Å². The lowest BCUT2D eigenvalue weighted by molar-refractivity contribution is 0.0934. The number of fused-ring (bicyclic) bond motifs is 2. The maximum absolute atomic E-state index is 12.5. The topological polar surface area (TPSA) is 99.3 Å². The number of carbonyl (C=O) groups is 1. The minimum atomic E-state index is -0.121. The van der Waals surface area contributed by atoms with Crippen LogP contribution in [0.25, 0.3) is 33.6 Å². The fraction of sp³-hybridized carbons (Fsp3) is 0.263. The number of imidazole rings is 1. The molecule has 0 aliphatic rings. The van der Waals surface area contributed by atoms with Gasteiger partial charge in [0.05, 0.1) is 22.0 Å². The van der Waals surface area contributed by atoms with Crippen molar-refractivity contribution in [1.29, 1.82) is 0 Å². The summed E-state index contributed by atoms with van der Waals surface area (Å²) in [6.45, 7) is 4.12. The van der Waals surface area contributed by atoms with E-state index in [1.165, 1.54) is 0 Å². The van der Waals surface area contributed by atoms with E-state index in [0.717, 1.165) is 29.3 Å². The number of pyridine rings is 1. The van der Waals surface area contributed by atoms with Crippen LogP contribution < -0.4 is 5.32 Å². The second-order valence-corrected chi connectivity index (χ2v) is 6.28. The van der Waals surface area contributed by atoms with Crippen molar-refractivity contribution >= 4 is 28.0 Å². The molecule has 0 radical (unpaired) electrons. The number of amides is 1. The number of nitrogens with zero attached hydrogens (tertiary/aromatic N) is 3. The molecule has 3 heterocycles. The summed E-state index contributed by atoms with van der Waals surface area (Å²) >= 11 is 0. The first-order chi connectivity index (χ1) is 12.7. The Balaban J connectivity index is 1.74. The number of H-pyrrole nitrogens is 2. The second-order valence-electron chi connectivity index (χ2n) is 6.28. The molecule has 0 atom stereocenters. The van der Waals surface area contributed by atoms with Gasteiger partial charge in [0.15, 0.2) is 11.5 Å². The molecule has 0 saturated carbocycles. The standard InChI is InChI=1S/C19H20N6O/c1-3-12(4-2)21-19(26)11-9-13-16(24-25-17(13)20-10-11)18-22-14-7-5-6-8-15(14)23-18/h5-10,12H,3-4H2,1-2H3,(H,21,26)(H,22,23)(H,20,24,25). The van der Waals surface area contributed by atoms with E-state index in [-0.39, 0.29) is 11.9 Å². The second kappa shape index (κ2) is 6.59. The number of carbonyl (C=O) groups excluding carboxylic acids is 1. The van der Waals surface area contributed by atoms with Gasteiger partial charge >= 0.3 is 0 Å². The number of aromatic nitrogens is 5. The van der Waals surface area contributed by atoms with Crippen molar-refractivity contribution < 1.29 is 4.79 Å². The first-order valence-electron chi connectivity index (χ1n) is 8.79. The normalized spacial score (nSPS) is 11.5. The molecule has 1 aromatic carbocycles. The lowest BCUT2D eigenvalue weighted by Gasteiger charge is -2.14. The third kappa shape index (κ3) is 2.81. The Morgan fingerprint density at radius 1 is 1.23 bits per heavy atom. The quantitative estimate of drug-likeness (QED) is 0.514. The van der Waals surface area contributed by atoms with Crippen LogP contribution in [-0.2, 0) is 0 Å². The van der Waals surface area contributed by atoms with Crippen molar-refractivity contribution in [2.75, 3.05) is 0 Å². The molecule has 0 saturated heterocycles. The Labute approximate surface area is 150 Å². The molecule has 0 unspecified atom stereocenters. The molecule has 0 aliphatic carbocycles. The van der Waals surface area contributed by atoms with Gasteiger partial charge in [-0.3, -0.25) is 9.89 Å². The Bertz CT molecular complexity index is 1040. The average Bonchev–Trinajstić information content (AvgIpc) is 3.28. The molecule has 26 heavy (non-hydrogen) atoms. The number of benzene rings is 1. The van der Waals surface area contributed by atoms with Crippen molar-refractivity contribution in [3.63, 3.8) is 0 Å². The van der Waals surface area contributed by atoms with Gasteiger partial charge in [0, 0.05) is 12.2 Å². The van der Waals surface area contributed by atoms with Crippen molar-refractivity contribution in [1.82, 2.24) is 30.5 Å². The smallest absolute Gasteiger partial charge is 0.253 e. The van der Waals surface area contributed by atoms with Crippen LogP contribution in [0.5, 0.6) is 0 Å². The third-order valence-electron chi connectivity index (χ3n) is 4.61. The molecule has 3 N–H and O–H groups in total. The molecule has 1 amide bonds. The summed E-state index contributed by atoms with van der Waals surface area (Å²) in [5.74, 6) is 0.529. The van der Waals surface area contributed by atoms with E-state index < -0.39 is 0 Å². The molecule has 0 aliphatic heterocycles. The molecule has 4 rings (SSSR count). The van der Waals surface area contributed by atoms with Crippen molar-refractivity contribution in [2.45, 2.75) is 32.7 Å². The maximum atomic E-state index is 12.5. The summed E-state index contributed by atoms with van der Waals surface area (Å²) in [5, 5.41) is 11.1. The Morgan fingerprint density at radius 2 is 2.04 bits per heavy atom. The van der Waals surface area contributed by atoms with Crippen molar-refractivity contribution in [2.24, 2.45) is 0 Å². The molecule has 7 heteroatoms. The van der Waals surface area contributed by atoms with Crippen LogP contribution in [0.2, 0.25) is 0 Å². The lowest BCUT2D eigenvalue weighted by Crippen LogP contribution is -2.33. The van der Waals surface area contributed by atoms with E-state index in [1.807, 2.05) is 30.3 Å². The average molecular weight is 348 g/mol. The first-order valence-corrected chi connectivity index (χ1v) is 8.79. The molecular weight excluding hydrogens is 328 g/mol. The zero-order chi connectivity index (χ0) is 18.1. The van der Waals surface area contributed by atoms with Crippen LogP contribution in [0.4, 0.5) is 0 Å². The predicted molar refractivity (Wildman–Crippen MR) is 101 cm³/mol.